The molecule has 7 heteroatoms. The minimum Gasteiger partial charge on any atom is -0.484 e. The lowest BCUT2D eigenvalue weighted by atomic mass is 10.3. The number of nitrogens with one attached hydrogen (secondary N) is 1. The highest BCUT2D eigenvalue weighted by atomic mass is 35.5. The van der Waals surface area contributed by atoms with Crippen LogP contribution in [0.5, 0.6) is 11.6 Å². The Kier molecular flexibility index (Phi) is 5.86. The number of carbonyl (C=O) groups is 1. The Hall–Kier alpha value is -1.98. The molecular weight excluding hydrogens is 327 g/mol. The maximum Gasteiger partial charge on any atom is 0.258 e. The molecule has 0 saturated heterocycles. The van der Waals surface area contributed by atoms with Crippen LogP contribution in [0.1, 0.15) is 5.56 Å². The molecule has 0 radical (unpaired) electrons. The molecule has 0 atom stereocenters. The summed E-state index contributed by atoms with van der Waals surface area (Å²) in [6.07, 6.45) is 1.64. The Bertz CT molecular complexity index is 627. The van der Waals surface area contributed by atoms with Crippen molar-refractivity contribution in [3.05, 3.63) is 52.1 Å². The van der Waals surface area contributed by atoms with Crippen LogP contribution in [0.15, 0.2) is 36.5 Å². The first-order chi connectivity index (χ1) is 10.6. The third-order valence-corrected chi connectivity index (χ3v) is 3.14. The smallest absolute Gasteiger partial charge is 0.258 e. The largest absolute Gasteiger partial charge is 0.484 e. The number of hydrogen-bond acceptors (Lipinski definition) is 4. The first kappa shape index (κ1) is 16.4. The van der Waals surface area contributed by atoms with Crippen molar-refractivity contribution in [1.82, 2.24) is 10.3 Å². The molecule has 0 fully saturated rings. The molecule has 0 unspecified atom stereocenters. The Morgan fingerprint density at radius 1 is 1.23 bits per heavy atom. The lowest BCUT2D eigenvalue weighted by Crippen LogP contribution is -2.28. The SMILES string of the molecule is COc1ccc(CNC(=O)COc2cc(Cl)cc(Cl)c2)cn1. The topological polar surface area (TPSA) is 60.5 Å². The van der Waals surface area contributed by atoms with Gasteiger partial charge in [-0.05, 0) is 23.8 Å². The molecule has 0 aliphatic heterocycles. The highest BCUT2D eigenvalue weighted by molar-refractivity contribution is 6.34. The Labute approximate surface area is 138 Å². The quantitative estimate of drug-likeness (QED) is 0.877. The molecule has 0 spiro atoms. The maximum absolute atomic E-state index is 11.7. The number of hydrogen-bond donors (Lipinski definition) is 1. The number of rotatable bonds is 6. The van der Waals surface area contributed by atoms with E-state index in [2.05, 4.69) is 10.3 Å². The van der Waals surface area contributed by atoms with Crippen molar-refractivity contribution in [1.29, 1.82) is 0 Å². The van der Waals surface area contributed by atoms with Crippen LogP contribution in [-0.4, -0.2) is 24.6 Å². The first-order valence-electron chi connectivity index (χ1n) is 6.41. The standard InChI is InChI=1S/C15H14Cl2N2O3/c1-21-15-3-2-10(8-19-15)7-18-14(20)9-22-13-5-11(16)4-12(17)6-13/h2-6,8H,7,9H2,1H3,(H,18,20). The number of benzene rings is 1. The van der Waals surface area contributed by atoms with Crippen LogP contribution in [-0.2, 0) is 11.3 Å². The van der Waals surface area contributed by atoms with E-state index in [-0.39, 0.29) is 12.5 Å². The van der Waals surface area contributed by atoms with Gasteiger partial charge in [-0.1, -0.05) is 29.3 Å². The summed E-state index contributed by atoms with van der Waals surface area (Å²) in [5.41, 5.74) is 0.861. The van der Waals surface area contributed by atoms with Crippen LogP contribution >= 0.6 is 23.2 Å². The van der Waals surface area contributed by atoms with Gasteiger partial charge in [-0.15, -0.1) is 0 Å². The van der Waals surface area contributed by atoms with Crippen LogP contribution in [0, 0.1) is 0 Å². The molecule has 0 aliphatic rings. The molecular formula is C15H14Cl2N2O3. The lowest BCUT2D eigenvalue weighted by Gasteiger charge is -2.08. The van der Waals surface area contributed by atoms with Gasteiger partial charge in [-0.3, -0.25) is 4.79 Å². The zero-order valence-corrected chi connectivity index (χ0v) is 13.3. The third kappa shape index (κ3) is 5.09. The number of halogens is 2. The molecule has 1 amide bonds. The van der Waals surface area contributed by atoms with Crippen molar-refractivity contribution in [2.24, 2.45) is 0 Å². The Morgan fingerprint density at radius 2 is 1.95 bits per heavy atom. The van der Waals surface area contributed by atoms with Crippen molar-refractivity contribution in [2.75, 3.05) is 13.7 Å². The van der Waals surface area contributed by atoms with E-state index in [1.165, 1.54) is 0 Å². The monoisotopic (exact) mass is 340 g/mol. The summed E-state index contributed by atoms with van der Waals surface area (Å²) in [6, 6.07) is 8.32. The summed E-state index contributed by atoms with van der Waals surface area (Å²) >= 11 is 11.7. The molecule has 2 aromatic rings. The highest BCUT2D eigenvalue weighted by Gasteiger charge is 2.05. The van der Waals surface area contributed by atoms with Gasteiger partial charge in [0, 0.05) is 28.9 Å². The zero-order chi connectivity index (χ0) is 15.9. The summed E-state index contributed by atoms with van der Waals surface area (Å²) in [5, 5.41) is 3.63. The fraction of sp³-hybridized carbons (Fsp3) is 0.200. The zero-order valence-electron chi connectivity index (χ0n) is 11.8. The molecule has 0 aliphatic carbocycles. The molecule has 5 nitrogen and oxygen atoms in total. The van der Waals surface area contributed by atoms with E-state index < -0.39 is 0 Å². The summed E-state index contributed by atoms with van der Waals surface area (Å²) in [5.74, 6) is 0.710. The van der Waals surface area contributed by atoms with Crippen LogP contribution in [0.4, 0.5) is 0 Å². The summed E-state index contributed by atoms with van der Waals surface area (Å²) in [7, 11) is 1.54. The maximum atomic E-state index is 11.7. The van der Waals surface area contributed by atoms with Gasteiger partial charge in [0.2, 0.25) is 5.88 Å². The fourth-order valence-electron chi connectivity index (χ4n) is 1.65. The summed E-state index contributed by atoms with van der Waals surface area (Å²) in [4.78, 5) is 15.8. The number of amides is 1. The van der Waals surface area contributed by atoms with Gasteiger partial charge in [0.1, 0.15) is 5.75 Å². The van der Waals surface area contributed by atoms with E-state index in [4.69, 9.17) is 32.7 Å². The van der Waals surface area contributed by atoms with Gasteiger partial charge in [0.25, 0.3) is 5.91 Å². The normalized spacial score (nSPS) is 10.1. The molecule has 116 valence electrons. The van der Waals surface area contributed by atoms with Crippen molar-refractivity contribution >= 4 is 29.1 Å². The second-order valence-corrected chi connectivity index (χ2v) is 5.25. The van der Waals surface area contributed by atoms with Crippen molar-refractivity contribution in [3.8, 4) is 11.6 Å². The molecule has 0 saturated carbocycles. The number of ether oxygens (including phenoxy) is 2. The first-order valence-corrected chi connectivity index (χ1v) is 7.17. The minimum atomic E-state index is -0.257. The average molecular weight is 341 g/mol. The van der Waals surface area contributed by atoms with Gasteiger partial charge in [0.05, 0.1) is 7.11 Å². The number of carbonyl (C=O) groups excluding carboxylic acids is 1. The predicted octanol–water partition coefficient (Wildman–Crippen LogP) is 3.09. The van der Waals surface area contributed by atoms with Gasteiger partial charge in [-0.25, -0.2) is 4.98 Å². The summed E-state index contributed by atoms with van der Waals surface area (Å²) < 4.78 is 10.3. The highest BCUT2D eigenvalue weighted by Crippen LogP contribution is 2.23. The minimum absolute atomic E-state index is 0.125. The third-order valence-electron chi connectivity index (χ3n) is 2.70. The second kappa shape index (κ2) is 7.87. The molecule has 22 heavy (non-hydrogen) atoms. The molecule has 2 rings (SSSR count). The van der Waals surface area contributed by atoms with E-state index >= 15 is 0 Å². The van der Waals surface area contributed by atoms with Gasteiger partial charge >= 0.3 is 0 Å². The van der Waals surface area contributed by atoms with Gasteiger partial charge < -0.3 is 14.8 Å². The molecule has 1 heterocycles. The summed E-state index contributed by atoms with van der Waals surface area (Å²) in [6.45, 7) is 0.232. The van der Waals surface area contributed by atoms with Gasteiger partial charge in [0.15, 0.2) is 6.61 Å². The van der Waals surface area contributed by atoms with E-state index in [0.29, 0.717) is 28.2 Å². The molecule has 1 aromatic heterocycles. The lowest BCUT2D eigenvalue weighted by molar-refractivity contribution is -0.123. The number of nitrogens with zero attached hydrogens (tertiary/aromatic N) is 1. The van der Waals surface area contributed by atoms with E-state index in [0.717, 1.165) is 5.56 Å². The van der Waals surface area contributed by atoms with E-state index in [9.17, 15) is 4.79 Å². The molecule has 1 aromatic carbocycles. The van der Waals surface area contributed by atoms with Crippen LogP contribution in [0.25, 0.3) is 0 Å². The van der Waals surface area contributed by atoms with Crippen LogP contribution < -0.4 is 14.8 Å². The van der Waals surface area contributed by atoms with Gasteiger partial charge in [-0.2, -0.15) is 0 Å². The Morgan fingerprint density at radius 3 is 2.55 bits per heavy atom. The van der Waals surface area contributed by atoms with Crippen molar-refractivity contribution in [3.63, 3.8) is 0 Å². The number of methoxy groups -OCH3 is 1. The molecule has 0 bridgehead atoms. The Balaban J connectivity index is 1.80. The fourth-order valence-corrected chi connectivity index (χ4v) is 2.15. The van der Waals surface area contributed by atoms with Crippen molar-refractivity contribution < 1.29 is 14.3 Å². The second-order valence-electron chi connectivity index (χ2n) is 4.38. The number of aromatic nitrogens is 1. The van der Waals surface area contributed by atoms with E-state index in [1.807, 2.05) is 6.07 Å². The average Bonchev–Trinajstić information content (AvgIpc) is 2.50. The number of pyridine rings is 1. The molecule has 1 N–H and O–H groups in total. The van der Waals surface area contributed by atoms with Crippen LogP contribution in [0.3, 0.4) is 0 Å². The van der Waals surface area contributed by atoms with E-state index in [1.54, 1.807) is 37.6 Å². The van der Waals surface area contributed by atoms with Crippen LogP contribution in [0.2, 0.25) is 10.0 Å². The predicted molar refractivity (Wildman–Crippen MR) is 84.6 cm³/mol. The van der Waals surface area contributed by atoms with Crippen molar-refractivity contribution in [2.45, 2.75) is 6.54 Å².